The minimum Gasteiger partial charge on any atom is -0.354 e. The second kappa shape index (κ2) is 8.31. The van der Waals surface area contributed by atoms with Gasteiger partial charge in [-0.05, 0) is 31.0 Å². The van der Waals surface area contributed by atoms with Crippen molar-refractivity contribution in [2.75, 3.05) is 19.6 Å². The molecule has 1 aliphatic rings. The van der Waals surface area contributed by atoms with Crippen LogP contribution in [0.1, 0.15) is 16.8 Å². The number of para-hydroxylation sites is 1. The van der Waals surface area contributed by atoms with E-state index in [4.69, 9.17) is 0 Å². The van der Waals surface area contributed by atoms with E-state index in [1.54, 1.807) is 6.20 Å². The van der Waals surface area contributed by atoms with Crippen LogP contribution in [0, 0.1) is 0 Å². The van der Waals surface area contributed by atoms with Crippen LogP contribution in [0.2, 0.25) is 0 Å². The van der Waals surface area contributed by atoms with E-state index in [-0.39, 0.29) is 18.0 Å². The van der Waals surface area contributed by atoms with E-state index in [9.17, 15) is 9.59 Å². The van der Waals surface area contributed by atoms with Gasteiger partial charge in [-0.25, -0.2) is 4.98 Å². The normalized spacial score (nSPS) is 13.7. The van der Waals surface area contributed by atoms with Gasteiger partial charge in [-0.3, -0.25) is 19.1 Å². The van der Waals surface area contributed by atoms with Crippen LogP contribution < -0.4 is 16.2 Å². The van der Waals surface area contributed by atoms with Crippen molar-refractivity contribution in [1.29, 1.82) is 0 Å². The molecule has 0 saturated heterocycles. The van der Waals surface area contributed by atoms with Gasteiger partial charge in [0, 0.05) is 36.7 Å². The van der Waals surface area contributed by atoms with Crippen molar-refractivity contribution >= 4 is 16.8 Å². The van der Waals surface area contributed by atoms with Crippen LogP contribution in [0.5, 0.6) is 0 Å². The largest absolute Gasteiger partial charge is 0.354 e. The molecular formula is C21H23N5O2. The third-order valence-electron chi connectivity index (χ3n) is 5.06. The van der Waals surface area contributed by atoms with Crippen LogP contribution in [0.15, 0.2) is 47.7 Å². The number of fused-ring (bicyclic) bond motifs is 2. The lowest BCUT2D eigenvalue weighted by atomic mass is 10.1. The van der Waals surface area contributed by atoms with Crippen molar-refractivity contribution in [1.82, 2.24) is 25.2 Å². The van der Waals surface area contributed by atoms with E-state index in [1.807, 2.05) is 30.3 Å². The lowest BCUT2D eigenvalue weighted by Gasteiger charge is -2.11. The van der Waals surface area contributed by atoms with Gasteiger partial charge in [0.05, 0.1) is 17.5 Å². The fraction of sp³-hybridized carbons (Fsp3) is 0.333. The molecule has 4 rings (SSSR count). The summed E-state index contributed by atoms with van der Waals surface area (Å²) in [6, 6.07) is 9.99. The van der Waals surface area contributed by atoms with E-state index in [1.165, 1.54) is 10.9 Å². The van der Waals surface area contributed by atoms with Crippen molar-refractivity contribution in [2.45, 2.75) is 25.8 Å². The lowest BCUT2D eigenvalue weighted by Crippen LogP contribution is -2.35. The Balaban J connectivity index is 1.39. The first-order valence-electron chi connectivity index (χ1n) is 9.59. The monoisotopic (exact) mass is 377 g/mol. The molecule has 0 aliphatic carbocycles. The summed E-state index contributed by atoms with van der Waals surface area (Å²) < 4.78 is 1.40. The maximum absolute atomic E-state index is 12.7. The van der Waals surface area contributed by atoms with Gasteiger partial charge in [0.1, 0.15) is 6.54 Å². The minimum absolute atomic E-state index is 0.0136. The van der Waals surface area contributed by atoms with Gasteiger partial charge in [-0.1, -0.05) is 24.3 Å². The number of nitrogens with one attached hydrogen (secondary N) is 2. The Morgan fingerprint density at radius 2 is 2.00 bits per heavy atom. The van der Waals surface area contributed by atoms with Gasteiger partial charge < -0.3 is 10.6 Å². The third kappa shape index (κ3) is 3.94. The van der Waals surface area contributed by atoms with Gasteiger partial charge in [0.15, 0.2) is 0 Å². The average molecular weight is 377 g/mol. The molecule has 1 aromatic carbocycles. The molecule has 144 valence electrons. The number of benzene rings is 1. The second-order valence-electron chi connectivity index (χ2n) is 6.95. The van der Waals surface area contributed by atoms with Crippen molar-refractivity contribution in [3.8, 4) is 0 Å². The molecule has 0 radical (unpaired) electrons. The SMILES string of the molecule is O=C(Cn1cnc2c(c1=O)CCNCC2)NCCc1cccc2cccnc12. The molecule has 0 bridgehead atoms. The molecule has 2 aromatic heterocycles. The highest BCUT2D eigenvalue weighted by Crippen LogP contribution is 2.15. The summed E-state index contributed by atoms with van der Waals surface area (Å²) >= 11 is 0. The molecule has 28 heavy (non-hydrogen) atoms. The predicted molar refractivity (Wildman–Crippen MR) is 107 cm³/mol. The van der Waals surface area contributed by atoms with Crippen molar-refractivity contribution in [2.24, 2.45) is 0 Å². The molecule has 0 saturated carbocycles. The summed E-state index contributed by atoms with van der Waals surface area (Å²) in [6.45, 7) is 2.07. The molecule has 7 nitrogen and oxygen atoms in total. The number of carbonyl (C=O) groups excluding carboxylic acids is 1. The number of hydrogen-bond acceptors (Lipinski definition) is 5. The second-order valence-corrected chi connectivity index (χ2v) is 6.95. The zero-order chi connectivity index (χ0) is 19.3. The molecule has 1 amide bonds. The van der Waals surface area contributed by atoms with Gasteiger partial charge in [0.25, 0.3) is 5.56 Å². The van der Waals surface area contributed by atoms with E-state index in [0.29, 0.717) is 19.4 Å². The highest BCUT2D eigenvalue weighted by molar-refractivity contribution is 5.81. The summed E-state index contributed by atoms with van der Waals surface area (Å²) in [5.41, 5.74) is 3.51. The lowest BCUT2D eigenvalue weighted by molar-refractivity contribution is -0.121. The highest BCUT2D eigenvalue weighted by Gasteiger charge is 2.15. The van der Waals surface area contributed by atoms with E-state index in [2.05, 4.69) is 20.6 Å². The van der Waals surface area contributed by atoms with Crippen LogP contribution in [0.3, 0.4) is 0 Å². The number of amides is 1. The maximum atomic E-state index is 12.7. The summed E-state index contributed by atoms with van der Waals surface area (Å²) in [7, 11) is 0. The Labute approximate surface area is 162 Å². The van der Waals surface area contributed by atoms with Crippen molar-refractivity contribution < 1.29 is 4.79 Å². The van der Waals surface area contributed by atoms with Gasteiger partial charge in [-0.15, -0.1) is 0 Å². The predicted octanol–water partition coefficient (Wildman–Crippen LogP) is 0.839. The van der Waals surface area contributed by atoms with Crippen LogP contribution >= 0.6 is 0 Å². The molecule has 2 N–H and O–H groups in total. The minimum atomic E-state index is -0.191. The van der Waals surface area contributed by atoms with Crippen molar-refractivity contribution in [3.05, 3.63) is 70.0 Å². The zero-order valence-corrected chi connectivity index (χ0v) is 15.6. The molecule has 0 fully saturated rings. The number of rotatable bonds is 5. The first-order valence-corrected chi connectivity index (χ1v) is 9.59. The molecule has 0 spiro atoms. The van der Waals surface area contributed by atoms with E-state index in [0.717, 1.165) is 47.2 Å². The topological polar surface area (TPSA) is 88.9 Å². The molecule has 0 unspecified atom stereocenters. The standard InChI is InChI=1S/C21H23N5O2/c27-19(13-26-14-25-18-8-11-22-10-7-17(18)21(26)28)23-12-6-16-4-1-3-15-5-2-9-24-20(15)16/h1-5,9,14,22H,6-8,10-13H2,(H,23,27). The molecule has 1 aliphatic heterocycles. The third-order valence-corrected chi connectivity index (χ3v) is 5.06. The average Bonchev–Trinajstić information content (AvgIpc) is 2.96. The Bertz CT molecular complexity index is 1050. The van der Waals surface area contributed by atoms with E-state index >= 15 is 0 Å². The zero-order valence-electron chi connectivity index (χ0n) is 15.6. The quantitative estimate of drug-likeness (QED) is 0.688. The molecule has 3 aromatic rings. The molecule has 7 heteroatoms. The number of pyridine rings is 1. The van der Waals surface area contributed by atoms with Crippen LogP contribution in [-0.4, -0.2) is 40.1 Å². The summed E-state index contributed by atoms with van der Waals surface area (Å²) in [5, 5.41) is 7.25. The molecule has 0 atom stereocenters. The fourth-order valence-corrected chi connectivity index (χ4v) is 3.61. The van der Waals surface area contributed by atoms with Crippen LogP contribution in [0.25, 0.3) is 10.9 Å². The Morgan fingerprint density at radius 3 is 2.93 bits per heavy atom. The maximum Gasteiger partial charge on any atom is 0.257 e. The summed E-state index contributed by atoms with van der Waals surface area (Å²) in [5.74, 6) is -0.191. The Kier molecular flexibility index (Phi) is 5.43. The van der Waals surface area contributed by atoms with Crippen molar-refractivity contribution in [3.63, 3.8) is 0 Å². The van der Waals surface area contributed by atoms with Crippen LogP contribution in [-0.2, 0) is 30.6 Å². The van der Waals surface area contributed by atoms with Gasteiger partial charge >= 0.3 is 0 Å². The number of aromatic nitrogens is 3. The first kappa shape index (κ1) is 18.3. The van der Waals surface area contributed by atoms with Gasteiger partial charge in [-0.2, -0.15) is 0 Å². The Hall–Kier alpha value is -3.06. The van der Waals surface area contributed by atoms with Gasteiger partial charge in [0.2, 0.25) is 5.91 Å². The Morgan fingerprint density at radius 1 is 1.14 bits per heavy atom. The first-order chi connectivity index (χ1) is 13.7. The number of nitrogens with zero attached hydrogens (tertiary/aromatic N) is 3. The molecular weight excluding hydrogens is 354 g/mol. The number of carbonyl (C=O) groups is 1. The highest BCUT2D eigenvalue weighted by atomic mass is 16.2. The number of hydrogen-bond donors (Lipinski definition) is 2. The fourth-order valence-electron chi connectivity index (χ4n) is 3.61. The van der Waals surface area contributed by atoms with E-state index < -0.39 is 0 Å². The molecule has 3 heterocycles. The summed E-state index contributed by atoms with van der Waals surface area (Å²) in [6.07, 6.45) is 5.34. The smallest absolute Gasteiger partial charge is 0.257 e. The van der Waals surface area contributed by atoms with Crippen LogP contribution in [0.4, 0.5) is 0 Å². The summed E-state index contributed by atoms with van der Waals surface area (Å²) in [4.78, 5) is 33.8.